The van der Waals surface area contributed by atoms with Crippen LogP contribution >= 0.6 is 0 Å². The Morgan fingerprint density at radius 3 is 2.85 bits per heavy atom. The average molecular weight is 358 g/mol. The smallest absolute Gasteiger partial charge is 0.303 e. The van der Waals surface area contributed by atoms with Gasteiger partial charge in [-0.05, 0) is 97.3 Å². The first-order valence-corrected chi connectivity index (χ1v) is 10.1. The van der Waals surface area contributed by atoms with Gasteiger partial charge in [0.25, 0.3) is 0 Å². The first-order chi connectivity index (χ1) is 12.4. The number of carbonyl (C=O) groups is 1. The number of rotatable bonds is 4. The number of hydrogen-bond acceptors (Lipinski definition) is 3. The van der Waals surface area contributed by atoms with E-state index in [4.69, 9.17) is 5.11 Å². The van der Waals surface area contributed by atoms with Crippen molar-refractivity contribution in [3.05, 3.63) is 29.3 Å². The molecule has 0 heterocycles. The van der Waals surface area contributed by atoms with Crippen molar-refractivity contribution in [2.24, 2.45) is 23.2 Å². The predicted octanol–water partition coefficient (Wildman–Crippen LogP) is 4.09. The van der Waals surface area contributed by atoms with E-state index in [0.29, 0.717) is 35.8 Å². The number of carboxylic acid groups (broad SMARTS) is 1. The molecule has 0 unspecified atom stereocenters. The molecule has 0 saturated heterocycles. The van der Waals surface area contributed by atoms with Gasteiger partial charge in [-0.3, -0.25) is 4.79 Å². The predicted molar refractivity (Wildman–Crippen MR) is 99.1 cm³/mol. The minimum atomic E-state index is -0.722. The second kappa shape index (κ2) is 6.56. The lowest BCUT2D eigenvalue weighted by Gasteiger charge is -2.53. The van der Waals surface area contributed by atoms with Crippen molar-refractivity contribution < 1.29 is 20.1 Å². The van der Waals surface area contributed by atoms with Gasteiger partial charge in [0.05, 0.1) is 6.10 Å². The molecule has 0 aliphatic heterocycles. The number of aliphatic carboxylic acids is 1. The molecule has 142 valence electrons. The average Bonchev–Trinajstić information content (AvgIpc) is 2.89. The molecule has 4 nitrogen and oxygen atoms in total. The highest BCUT2D eigenvalue weighted by molar-refractivity contribution is 5.66. The third-order valence-corrected chi connectivity index (χ3v) is 7.80. The van der Waals surface area contributed by atoms with Crippen molar-refractivity contribution in [3.63, 3.8) is 0 Å². The maximum atomic E-state index is 11.0. The first-order valence-electron chi connectivity index (χ1n) is 10.1. The number of aliphatic hydroxyl groups excluding tert-OH is 1. The van der Waals surface area contributed by atoms with Crippen LogP contribution in [-0.4, -0.2) is 27.4 Å². The van der Waals surface area contributed by atoms with Crippen LogP contribution in [0, 0.1) is 23.2 Å². The van der Waals surface area contributed by atoms with Crippen molar-refractivity contribution in [3.8, 4) is 5.75 Å². The lowest BCUT2D eigenvalue weighted by Crippen LogP contribution is -2.47. The van der Waals surface area contributed by atoms with Crippen LogP contribution in [0.15, 0.2) is 18.2 Å². The molecular formula is C22H30O4. The van der Waals surface area contributed by atoms with Gasteiger partial charge in [0.2, 0.25) is 0 Å². The van der Waals surface area contributed by atoms with E-state index in [9.17, 15) is 15.0 Å². The summed E-state index contributed by atoms with van der Waals surface area (Å²) >= 11 is 0. The van der Waals surface area contributed by atoms with Crippen molar-refractivity contribution >= 4 is 5.97 Å². The summed E-state index contributed by atoms with van der Waals surface area (Å²) in [6.07, 6.45) is 6.71. The second-order valence-corrected chi connectivity index (χ2v) is 9.06. The van der Waals surface area contributed by atoms with Crippen molar-refractivity contribution in [1.29, 1.82) is 0 Å². The maximum Gasteiger partial charge on any atom is 0.303 e. The van der Waals surface area contributed by atoms with Gasteiger partial charge in [0.1, 0.15) is 5.75 Å². The van der Waals surface area contributed by atoms with Crippen LogP contribution < -0.4 is 0 Å². The highest BCUT2D eigenvalue weighted by atomic mass is 16.4. The molecule has 4 heteroatoms. The summed E-state index contributed by atoms with van der Waals surface area (Å²) in [7, 11) is 0. The fraction of sp³-hybridized carbons (Fsp3) is 0.682. The molecule has 3 aliphatic carbocycles. The summed E-state index contributed by atoms with van der Waals surface area (Å²) < 4.78 is 0. The van der Waals surface area contributed by atoms with E-state index in [-0.39, 0.29) is 17.9 Å². The molecule has 4 rings (SSSR count). The minimum absolute atomic E-state index is 0.0145. The standard InChI is InChI=1S/C22H30O4/c1-22-10-9-17-16-6-5-15(23)12-14(16)11-13(3-2-4-20(25)26)21(17)18(22)7-8-19(22)24/h5-6,12-13,17-19,21,23-24H,2-4,7-11H2,1H3,(H,25,26)/t13-,17-,18+,19+,21-,22+/m1/s1. The zero-order valence-electron chi connectivity index (χ0n) is 15.5. The zero-order chi connectivity index (χ0) is 18.5. The van der Waals surface area contributed by atoms with Crippen LogP contribution in [0.1, 0.15) is 68.9 Å². The van der Waals surface area contributed by atoms with Gasteiger partial charge in [0, 0.05) is 6.42 Å². The topological polar surface area (TPSA) is 77.8 Å². The van der Waals surface area contributed by atoms with Crippen molar-refractivity contribution in [1.82, 2.24) is 0 Å². The van der Waals surface area contributed by atoms with Crippen LogP contribution in [0.5, 0.6) is 5.75 Å². The van der Waals surface area contributed by atoms with E-state index in [1.54, 1.807) is 6.07 Å². The molecule has 2 saturated carbocycles. The molecule has 0 aromatic heterocycles. The number of fused-ring (bicyclic) bond motifs is 5. The zero-order valence-corrected chi connectivity index (χ0v) is 15.5. The summed E-state index contributed by atoms with van der Waals surface area (Å²) in [6.45, 7) is 2.27. The Bertz CT molecular complexity index is 699. The van der Waals surface area contributed by atoms with Crippen LogP contribution in [0.2, 0.25) is 0 Å². The number of aromatic hydroxyl groups is 1. The molecule has 0 bridgehead atoms. The van der Waals surface area contributed by atoms with Gasteiger partial charge < -0.3 is 15.3 Å². The van der Waals surface area contributed by atoms with E-state index in [1.165, 1.54) is 11.1 Å². The van der Waals surface area contributed by atoms with E-state index >= 15 is 0 Å². The number of phenols is 1. The largest absolute Gasteiger partial charge is 0.508 e. The Morgan fingerprint density at radius 1 is 1.27 bits per heavy atom. The van der Waals surface area contributed by atoms with Gasteiger partial charge in [0.15, 0.2) is 0 Å². The lowest BCUT2D eigenvalue weighted by atomic mass is 9.52. The van der Waals surface area contributed by atoms with Crippen LogP contribution in [0.3, 0.4) is 0 Å². The third-order valence-electron chi connectivity index (χ3n) is 7.80. The molecular weight excluding hydrogens is 328 g/mol. The molecule has 1 aromatic rings. The molecule has 0 spiro atoms. The summed E-state index contributed by atoms with van der Waals surface area (Å²) in [6, 6.07) is 5.81. The van der Waals surface area contributed by atoms with Crippen LogP contribution in [0.25, 0.3) is 0 Å². The molecule has 0 amide bonds. The van der Waals surface area contributed by atoms with Gasteiger partial charge in [-0.2, -0.15) is 0 Å². The first kappa shape index (κ1) is 17.8. The number of carboxylic acids is 1. The SMILES string of the molecule is C[C@]12CC[C@@H]3c4ccc(O)cc4C[C@@H](CCCC(=O)O)[C@H]3[C@@H]1CC[C@@H]2O. The van der Waals surface area contributed by atoms with Gasteiger partial charge in [-0.25, -0.2) is 0 Å². The molecule has 2 fully saturated rings. The highest BCUT2D eigenvalue weighted by Crippen LogP contribution is 2.62. The van der Waals surface area contributed by atoms with Crippen molar-refractivity contribution in [2.45, 2.75) is 70.3 Å². The van der Waals surface area contributed by atoms with Gasteiger partial charge in [-0.1, -0.05) is 13.0 Å². The van der Waals surface area contributed by atoms with Crippen LogP contribution in [0.4, 0.5) is 0 Å². The summed E-state index contributed by atoms with van der Waals surface area (Å²) in [5.74, 6) is 1.58. The summed E-state index contributed by atoms with van der Waals surface area (Å²) in [5.41, 5.74) is 2.64. The fourth-order valence-electron chi connectivity index (χ4n) is 6.55. The number of benzene rings is 1. The van der Waals surface area contributed by atoms with E-state index < -0.39 is 5.97 Å². The Labute approximate surface area is 155 Å². The van der Waals surface area contributed by atoms with E-state index in [0.717, 1.165) is 38.5 Å². The summed E-state index contributed by atoms with van der Waals surface area (Å²) in [4.78, 5) is 11.0. The van der Waals surface area contributed by atoms with Gasteiger partial charge in [-0.15, -0.1) is 0 Å². The Balaban J connectivity index is 1.67. The normalized spacial score (nSPS) is 38.3. The van der Waals surface area contributed by atoms with Crippen LogP contribution in [-0.2, 0) is 11.2 Å². The Hall–Kier alpha value is -1.55. The molecule has 6 atom stereocenters. The third kappa shape index (κ3) is 2.83. The van der Waals surface area contributed by atoms with E-state index in [1.807, 2.05) is 6.07 Å². The Kier molecular flexibility index (Phi) is 4.50. The molecule has 26 heavy (non-hydrogen) atoms. The van der Waals surface area contributed by atoms with Crippen molar-refractivity contribution in [2.75, 3.05) is 0 Å². The number of aliphatic hydroxyl groups is 1. The Morgan fingerprint density at radius 2 is 2.08 bits per heavy atom. The molecule has 1 aromatic carbocycles. The second-order valence-electron chi connectivity index (χ2n) is 9.06. The minimum Gasteiger partial charge on any atom is -0.508 e. The highest BCUT2D eigenvalue weighted by Gasteiger charge is 2.56. The monoisotopic (exact) mass is 358 g/mol. The quantitative estimate of drug-likeness (QED) is 0.757. The summed E-state index contributed by atoms with van der Waals surface area (Å²) in [5, 5.41) is 29.6. The fourth-order valence-corrected chi connectivity index (χ4v) is 6.55. The molecule has 3 N–H and O–H groups in total. The van der Waals surface area contributed by atoms with Gasteiger partial charge >= 0.3 is 5.97 Å². The maximum absolute atomic E-state index is 11.0. The van der Waals surface area contributed by atoms with E-state index in [2.05, 4.69) is 13.0 Å². The molecule has 3 aliphatic rings. The molecule has 0 radical (unpaired) electrons. The number of phenolic OH excluding ortho intramolecular Hbond substituents is 1. The number of hydrogen-bond donors (Lipinski definition) is 3. The lowest BCUT2D eigenvalue weighted by molar-refractivity contribution is -0.137.